The fourth-order valence-corrected chi connectivity index (χ4v) is 1.59. The number of rotatable bonds is 2. The van der Waals surface area contributed by atoms with Crippen molar-refractivity contribution >= 4 is 28.3 Å². The van der Waals surface area contributed by atoms with Crippen LogP contribution in [0.5, 0.6) is 5.75 Å². The smallest absolute Gasteiger partial charge is 0.286 e. The van der Waals surface area contributed by atoms with Gasteiger partial charge in [-0.3, -0.25) is 10.1 Å². The van der Waals surface area contributed by atoms with Crippen molar-refractivity contribution < 1.29 is 15.1 Å². The molecule has 6 heteroatoms. The maximum Gasteiger partial charge on any atom is 0.286 e. The van der Waals surface area contributed by atoms with E-state index in [9.17, 15) is 15.2 Å². The monoisotopic (exact) mass is 295 g/mol. The van der Waals surface area contributed by atoms with Gasteiger partial charge in [-0.2, -0.15) is 0 Å². The molecule has 0 heterocycles. The zero-order valence-electron chi connectivity index (χ0n) is 6.40. The number of aliphatic hydroxyl groups is 1. The van der Waals surface area contributed by atoms with Crippen LogP contribution in [0.15, 0.2) is 12.1 Å². The average Bonchev–Trinajstić information content (AvgIpc) is 2.07. The van der Waals surface area contributed by atoms with Crippen molar-refractivity contribution in [1.29, 1.82) is 0 Å². The van der Waals surface area contributed by atoms with E-state index in [1.165, 1.54) is 6.07 Å². The lowest BCUT2D eigenvalue weighted by molar-refractivity contribution is -0.385. The predicted octanol–water partition coefficient (Wildman–Crippen LogP) is 1.40. The molecule has 1 aromatic carbocycles. The highest BCUT2D eigenvalue weighted by molar-refractivity contribution is 14.1. The second kappa shape index (κ2) is 3.88. The minimum Gasteiger partial charge on any atom is -0.507 e. The second-order valence-corrected chi connectivity index (χ2v) is 3.51. The zero-order chi connectivity index (χ0) is 10.0. The predicted molar refractivity (Wildman–Crippen MR) is 53.4 cm³/mol. The summed E-state index contributed by atoms with van der Waals surface area (Å²) >= 11 is 1.78. The van der Waals surface area contributed by atoms with Crippen LogP contribution in [-0.2, 0) is 6.61 Å². The van der Waals surface area contributed by atoms with Gasteiger partial charge in [0.15, 0.2) is 0 Å². The number of aliphatic hydroxyl groups excluding tert-OH is 1. The van der Waals surface area contributed by atoms with Crippen molar-refractivity contribution in [2.75, 3.05) is 0 Å². The summed E-state index contributed by atoms with van der Waals surface area (Å²) in [6, 6.07) is 2.42. The number of hydrogen-bond acceptors (Lipinski definition) is 4. The summed E-state index contributed by atoms with van der Waals surface area (Å²) in [5, 5.41) is 28.3. The first-order valence-electron chi connectivity index (χ1n) is 3.33. The molecule has 70 valence electrons. The molecular weight excluding hydrogens is 289 g/mol. The van der Waals surface area contributed by atoms with Crippen molar-refractivity contribution in [3.05, 3.63) is 31.4 Å². The van der Waals surface area contributed by atoms with Crippen LogP contribution in [-0.4, -0.2) is 15.1 Å². The number of halogens is 1. The van der Waals surface area contributed by atoms with E-state index in [1.54, 1.807) is 22.6 Å². The first-order valence-corrected chi connectivity index (χ1v) is 4.40. The van der Waals surface area contributed by atoms with E-state index in [0.717, 1.165) is 6.07 Å². The topological polar surface area (TPSA) is 83.6 Å². The molecule has 0 unspecified atom stereocenters. The number of aromatic hydroxyl groups is 1. The molecule has 0 atom stereocenters. The van der Waals surface area contributed by atoms with Gasteiger partial charge in [-0.05, 0) is 28.7 Å². The van der Waals surface area contributed by atoms with Crippen LogP contribution < -0.4 is 0 Å². The fourth-order valence-electron chi connectivity index (χ4n) is 0.859. The van der Waals surface area contributed by atoms with Gasteiger partial charge in [0, 0.05) is 5.56 Å². The molecule has 0 aliphatic rings. The van der Waals surface area contributed by atoms with Crippen molar-refractivity contribution in [3.63, 3.8) is 0 Å². The Kier molecular flexibility index (Phi) is 3.04. The molecule has 0 aliphatic carbocycles. The number of nitro benzene ring substituents is 1. The standard InChI is InChI=1S/C7H6INO4/c8-5-1-4(3-10)7(11)2-6(5)9(12)13/h1-2,10-11H,3H2. The summed E-state index contributed by atoms with van der Waals surface area (Å²) in [4.78, 5) is 9.82. The van der Waals surface area contributed by atoms with Gasteiger partial charge in [-0.25, -0.2) is 0 Å². The van der Waals surface area contributed by atoms with E-state index in [1.807, 2.05) is 0 Å². The number of hydrogen-bond donors (Lipinski definition) is 2. The normalized spacial score (nSPS) is 10.0. The lowest BCUT2D eigenvalue weighted by Crippen LogP contribution is -1.94. The van der Waals surface area contributed by atoms with Gasteiger partial charge in [-0.15, -0.1) is 0 Å². The molecule has 0 amide bonds. The zero-order valence-corrected chi connectivity index (χ0v) is 8.56. The van der Waals surface area contributed by atoms with Gasteiger partial charge in [0.1, 0.15) is 5.75 Å². The van der Waals surface area contributed by atoms with Crippen LogP contribution in [0.4, 0.5) is 5.69 Å². The van der Waals surface area contributed by atoms with Gasteiger partial charge in [0.25, 0.3) is 5.69 Å². The summed E-state index contributed by atoms with van der Waals surface area (Å²) in [5.41, 5.74) is 0.130. The Hall–Kier alpha value is -0.890. The maximum atomic E-state index is 10.4. The third-order valence-corrected chi connectivity index (χ3v) is 2.38. The molecule has 0 saturated heterocycles. The number of nitro groups is 1. The maximum absolute atomic E-state index is 10.4. The quantitative estimate of drug-likeness (QED) is 0.491. The molecular formula is C7H6INO4. The molecule has 2 N–H and O–H groups in total. The second-order valence-electron chi connectivity index (χ2n) is 2.35. The SMILES string of the molecule is O=[N+]([O-])c1cc(O)c(CO)cc1I. The fraction of sp³-hybridized carbons (Fsp3) is 0.143. The first-order chi connectivity index (χ1) is 6.06. The van der Waals surface area contributed by atoms with E-state index in [0.29, 0.717) is 3.57 Å². The van der Waals surface area contributed by atoms with Gasteiger partial charge in [0.05, 0.1) is 21.2 Å². The minimum atomic E-state index is -0.581. The Morgan fingerprint density at radius 1 is 1.54 bits per heavy atom. The molecule has 0 aliphatic heterocycles. The Bertz CT molecular complexity index is 353. The van der Waals surface area contributed by atoms with E-state index in [4.69, 9.17) is 5.11 Å². The minimum absolute atomic E-state index is 0.157. The van der Waals surface area contributed by atoms with Gasteiger partial charge in [0.2, 0.25) is 0 Å². The highest BCUT2D eigenvalue weighted by atomic mass is 127. The molecule has 13 heavy (non-hydrogen) atoms. The lowest BCUT2D eigenvalue weighted by Gasteiger charge is -2.01. The van der Waals surface area contributed by atoms with E-state index in [-0.39, 0.29) is 23.6 Å². The molecule has 5 nitrogen and oxygen atoms in total. The summed E-state index contributed by atoms with van der Waals surface area (Å²) < 4.78 is 0.393. The van der Waals surface area contributed by atoms with Gasteiger partial charge < -0.3 is 10.2 Å². The number of nitrogens with zero attached hydrogens (tertiary/aromatic N) is 1. The molecule has 0 aromatic heterocycles. The van der Waals surface area contributed by atoms with Gasteiger partial charge >= 0.3 is 0 Å². The molecule has 0 saturated carbocycles. The van der Waals surface area contributed by atoms with Gasteiger partial charge in [-0.1, -0.05) is 0 Å². The number of phenols is 1. The van der Waals surface area contributed by atoms with Crippen LogP contribution in [0.1, 0.15) is 5.56 Å². The van der Waals surface area contributed by atoms with Crippen LogP contribution >= 0.6 is 22.6 Å². The third kappa shape index (κ3) is 2.07. The highest BCUT2D eigenvalue weighted by Gasteiger charge is 2.15. The Morgan fingerprint density at radius 2 is 2.15 bits per heavy atom. The third-order valence-electron chi connectivity index (χ3n) is 1.52. The van der Waals surface area contributed by atoms with E-state index >= 15 is 0 Å². The molecule has 0 spiro atoms. The largest absolute Gasteiger partial charge is 0.507 e. The van der Waals surface area contributed by atoms with Crippen molar-refractivity contribution in [1.82, 2.24) is 0 Å². The van der Waals surface area contributed by atoms with Crippen molar-refractivity contribution in [3.8, 4) is 5.75 Å². The van der Waals surface area contributed by atoms with E-state index < -0.39 is 4.92 Å². The molecule has 1 rings (SSSR count). The van der Waals surface area contributed by atoms with Crippen LogP contribution in [0.2, 0.25) is 0 Å². The van der Waals surface area contributed by atoms with Crippen molar-refractivity contribution in [2.24, 2.45) is 0 Å². The molecule has 1 aromatic rings. The summed E-state index contributed by atoms with van der Waals surface area (Å²) in [5.74, 6) is -0.255. The number of benzene rings is 1. The highest BCUT2D eigenvalue weighted by Crippen LogP contribution is 2.28. The Labute approximate surface area is 87.3 Å². The molecule has 0 bridgehead atoms. The summed E-state index contributed by atoms with van der Waals surface area (Å²) in [6.07, 6.45) is 0. The Balaban J connectivity index is 3.28. The summed E-state index contributed by atoms with van der Waals surface area (Å²) in [6.45, 7) is -0.334. The van der Waals surface area contributed by atoms with E-state index in [2.05, 4.69) is 0 Å². The summed E-state index contributed by atoms with van der Waals surface area (Å²) in [7, 11) is 0. The van der Waals surface area contributed by atoms with Crippen LogP contribution in [0.25, 0.3) is 0 Å². The Morgan fingerprint density at radius 3 is 2.62 bits per heavy atom. The van der Waals surface area contributed by atoms with Crippen LogP contribution in [0, 0.1) is 13.7 Å². The van der Waals surface area contributed by atoms with Crippen molar-refractivity contribution in [2.45, 2.75) is 6.61 Å². The first kappa shape index (κ1) is 10.2. The molecule has 0 fully saturated rings. The molecule has 0 radical (unpaired) electrons. The lowest BCUT2D eigenvalue weighted by atomic mass is 10.2. The van der Waals surface area contributed by atoms with Crippen LogP contribution in [0.3, 0.4) is 0 Å². The average molecular weight is 295 g/mol.